The first kappa shape index (κ1) is 10.5. The minimum absolute atomic E-state index is 0.425. The molecular formula is C12H17ClS. The van der Waals surface area contributed by atoms with Gasteiger partial charge >= 0.3 is 0 Å². The molecule has 2 heteroatoms. The number of thiophene rings is 1. The molecular weight excluding hydrogens is 212 g/mol. The highest BCUT2D eigenvalue weighted by Crippen LogP contribution is 2.48. The van der Waals surface area contributed by atoms with Crippen molar-refractivity contribution in [2.24, 2.45) is 11.3 Å². The minimum Gasteiger partial charge on any atom is -0.149 e. The van der Waals surface area contributed by atoms with Gasteiger partial charge in [-0.15, -0.1) is 22.9 Å². The van der Waals surface area contributed by atoms with Crippen LogP contribution in [0.25, 0.3) is 0 Å². The van der Waals surface area contributed by atoms with Crippen LogP contribution in [0.4, 0.5) is 0 Å². The normalized spacial score (nSPS) is 31.5. The Kier molecular flexibility index (Phi) is 2.90. The Labute approximate surface area is 95.3 Å². The molecule has 1 heterocycles. The largest absolute Gasteiger partial charge is 0.149 e. The first-order valence-electron chi connectivity index (χ1n) is 5.23. The molecule has 2 rings (SSSR count). The van der Waals surface area contributed by atoms with Gasteiger partial charge < -0.3 is 0 Å². The molecule has 0 radical (unpaired) electrons. The van der Waals surface area contributed by atoms with Gasteiger partial charge in [-0.1, -0.05) is 6.92 Å². The van der Waals surface area contributed by atoms with Crippen molar-refractivity contribution in [1.82, 2.24) is 0 Å². The summed E-state index contributed by atoms with van der Waals surface area (Å²) in [5, 5.41) is 2.28. The van der Waals surface area contributed by atoms with Gasteiger partial charge in [-0.25, -0.2) is 0 Å². The molecule has 78 valence electrons. The first-order valence-corrected chi connectivity index (χ1v) is 6.65. The van der Waals surface area contributed by atoms with Gasteiger partial charge in [0.05, 0.1) is 0 Å². The predicted molar refractivity (Wildman–Crippen MR) is 64.3 cm³/mol. The van der Waals surface area contributed by atoms with E-state index >= 15 is 0 Å². The zero-order valence-electron chi connectivity index (χ0n) is 8.85. The molecule has 1 aromatic rings. The molecule has 0 aliphatic heterocycles. The third-order valence-electron chi connectivity index (χ3n) is 3.21. The Hall–Kier alpha value is -0.0100. The highest BCUT2D eigenvalue weighted by Gasteiger charge is 2.41. The molecule has 1 fully saturated rings. The van der Waals surface area contributed by atoms with E-state index in [0.717, 1.165) is 11.8 Å². The fraction of sp³-hybridized carbons (Fsp3) is 0.667. The number of alkyl halides is 1. The Morgan fingerprint density at radius 3 is 2.71 bits per heavy atom. The summed E-state index contributed by atoms with van der Waals surface area (Å²) < 4.78 is 0. The quantitative estimate of drug-likeness (QED) is 0.679. The van der Waals surface area contributed by atoms with E-state index in [1.165, 1.54) is 29.7 Å². The van der Waals surface area contributed by atoms with Crippen molar-refractivity contribution in [1.29, 1.82) is 0 Å². The summed E-state index contributed by atoms with van der Waals surface area (Å²) in [5.41, 5.74) is 1.91. The lowest BCUT2D eigenvalue weighted by Crippen LogP contribution is -2.39. The van der Waals surface area contributed by atoms with E-state index in [0.29, 0.717) is 5.41 Å². The van der Waals surface area contributed by atoms with Gasteiger partial charge in [-0.2, -0.15) is 0 Å². The van der Waals surface area contributed by atoms with E-state index in [9.17, 15) is 0 Å². The van der Waals surface area contributed by atoms with E-state index in [2.05, 4.69) is 25.3 Å². The lowest BCUT2D eigenvalue weighted by Gasteiger charge is -2.45. The van der Waals surface area contributed by atoms with Crippen molar-refractivity contribution in [3.63, 3.8) is 0 Å². The van der Waals surface area contributed by atoms with Gasteiger partial charge in [0, 0.05) is 10.8 Å². The van der Waals surface area contributed by atoms with Crippen molar-refractivity contribution >= 4 is 22.9 Å². The smallest absolute Gasteiger partial charge is 0.0283 e. The van der Waals surface area contributed by atoms with Crippen LogP contribution in [0.1, 0.15) is 30.2 Å². The third kappa shape index (κ3) is 1.99. The average molecular weight is 229 g/mol. The molecule has 0 bridgehead atoms. The van der Waals surface area contributed by atoms with Gasteiger partial charge in [0.25, 0.3) is 0 Å². The molecule has 1 aliphatic carbocycles. The molecule has 0 N–H and O–H groups in total. The van der Waals surface area contributed by atoms with E-state index in [1.807, 2.05) is 11.3 Å². The van der Waals surface area contributed by atoms with E-state index in [1.54, 1.807) is 0 Å². The monoisotopic (exact) mass is 228 g/mol. The van der Waals surface area contributed by atoms with E-state index < -0.39 is 0 Å². The second-order valence-electron chi connectivity index (χ2n) is 4.89. The molecule has 14 heavy (non-hydrogen) atoms. The summed E-state index contributed by atoms with van der Waals surface area (Å²) in [6, 6.07) is 2.31. The van der Waals surface area contributed by atoms with Crippen molar-refractivity contribution < 1.29 is 0 Å². The standard InChI is InChI=1S/C12H17ClS/c1-9-4-12(5-9,8-13)6-11-3-10(2)14-7-11/h3,7,9H,4-6,8H2,1-2H3. The van der Waals surface area contributed by atoms with Crippen LogP contribution in [0.15, 0.2) is 11.4 Å². The van der Waals surface area contributed by atoms with Crippen molar-refractivity contribution in [3.05, 3.63) is 21.9 Å². The number of hydrogen-bond acceptors (Lipinski definition) is 1. The number of rotatable bonds is 3. The maximum absolute atomic E-state index is 6.09. The van der Waals surface area contributed by atoms with Crippen LogP contribution in [-0.4, -0.2) is 5.88 Å². The van der Waals surface area contributed by atoms with Crippen LogP contribution in [0.3, 0.4) is 0 Å². The minimum atomic E-state index is 0.425. The Balaban J connectivity index is 2.02. The van der Waals surface area contributed by atoms with Gasteiger partial charge in [0.15, 0.2) is 0 Å². The number of hydrogen-bond donors (Lipinski definition) is 0. The van der Waals surface area contributed by atoms with Gasteiger partial charge in [-0.3, -0.25) is 0 Å². The fourth-order valence-electron chi connectivity index (χ4n) is 2.74. The van der Waals surface area contributed by atoms with Crippen molar-refractivity contribution in [2.75, 3.05) is 5.88 Å². The van der Waals surface area contributed by atoms with Crippen LogP contribution < -0.4 is 0 Å². The lowest BCUT2D eigenvalue weighted by atomic mass is 9.61. The molecule has 0 atom stereocenters. The molecule has 0 aromatic carbocycles. The van der Waals surface area contributed by atoms with Crippen LogP contribution >= 0.6 is 22.9 Å². The third-order valence-corrected chi connectivity index (χ3v) is 4.69. The van der Waals surface area contributed by atoms with Crippen molar-refractivity contribution in [2.45, 2.75) is 33.1 Å². The van der Waals surface area contributed by atoms with E-state index in [4.69, 9.17) is 11.6 Å². The Morgan fingerprint density at radius 2 is 2.29 bits per heavy atom. The van der Waals surface area contributed by atoms with Crippen LogP contribution in [0, 0.1) is 18.3 Å². The summed E-state index contributed by atoms with van der Waals surface area (Å²) >= 11 is 7.93. The second kappa shape index (κ2) is 3.86. The maximum atomic E-state index is 6.09. The van der Waals surface area contributed by atoms with Crippen LogP contribution in [-0.2, 0) is 6.42 Å². The molecule has 0 unspecified atom stereocenters. The SMILES string of the molecule is Cc1cc(CC2(CCl)CC(C)C2)cs1. The molecule has 1 aromatic heterocycles. The fourth-order valence-corrected chi connectivity index (χ4v) is 3.76. The highest BCUT2D eigenvalue weighted by molar-refractivity contribution is 7.10. The van der Waals surface area contributed by atoms with Gasteiger partial charge in [-0.05, 0) is 54.5 Å². The summed E-state index contributed by atoms with van der Waals surface area (Å²) in [6.45, 7) is 4.49. The summed E-state index contributed by atoms with van der Waals surface area (Å²) in [7, 11) is 0. The van der Waals surface area contributed by atoms with Gasteiger partial charge in [0.2, 0.25) is 0 Å². The average Bonchev–Trinajstić information content (AvgIpc) is 2.48. The van der Waals surface area contributed by atoms with Crippen molar-refractivity contribution in [3.8, 4) is 0 Å². The lowest BCUT2D eigenvalue weighted by molar-refractivity contribution is 0.0926. The van der Waals surface area contributed by atoms with Gasteiger partial charge in [0.1, 0.15) is 0 Å². The maximum Gasteiger partial charge on any atom is 0.0283 e. The zero-order chi connectivity index (χ0) is 10.2. The zero-order valence-corrected chi connectivity index (χ0v) is 10.4. The predicted octanol–water partition coefficient (Wildman–Crippen LogP) is 4.25. The molecule has 0 nitrogen and oxygen atoms in total. The van der Waals surface area contributed by atoms with Crippen LogP contribution in [0.5, 0.6) is 0 Å². The summed E-state index contributed by atoms with van der Waals surface area (Å²) in [6.07, 6.45) is 3.81. The first-order chi connectivity index (χ1) is 6.63. The highest BCUT2D eigenvalue weighted by atomic mass is 35.5. The molecule has 1 saturated carbocycles. The summed E-state index contributed by atoms with van der Waals surface area (Å²) in [4.78, 5) is 1.41. The van der Waals surface area contributed by atoms with Crippen LogP contribution in [0.2, 0.25) is 0 Å². The molecule has 0 saturated heterocycles. The molecule has 0 spiro atoms. The second-order valence-corrected chi connectivity index (χ2v) is 6.27. The Bertz CT molecular complexity index is 310. The molecule has 0 amide bonds. The van der Waals surface area contributed by atoms with E-state index in [-0.39, 0.29) is 0 Å². The number of aryl methyl sites for hydroxylation is 1. The summed E-state index contributed by atoms with van der Waals surface area (Å²) in [5.74, 6) is 1.71. The topological polar surface area (TPSA) is 0 Å². The number of halogens is 1. The Morgan fingerprint density at radius 1 is 1.57 bits per heavy atom. The molecule has 1 aliphatic rings.